The van der Waals surface area contributed by atoms with Gasteiger partial charge in [-0.25, -0.2) is 4.79 Å². The van der Waals surface area contributed by atoms with Crippen molar-refractivity contribution >= 4 is 23.0 Å². The van der Waals surface area contributed by atoms with Crippen LogP contribution in [0.15, 0.2) is 35.7 Å². The van der Waals surface area contributed by atoms with Crippen LogP contribution in [0.4, 0.5) is 5.69 Å². The van der Waals surface area contributed by atoms with Gasteiger partial charge in [0, 0.05) is 4.88 Å². The minimum Gasteiger partial charge on any atom is -0.495 e. The fourth-order valence-corrected chi connectivity index (χ4v) is 2.13. The Morgan fingerprint density at radius 2 is 2.17 bits per heavy atom. The maximum absolute atomic E-state index is 11.9. The van der Waals surface area contributed by atoms with Crippen LogP contribution >= 0.6 is 11.3 Å². The normalized spacial score (nSPS) is 10.1. The zero-order valence-corrected chi connectivity index (χ0v) is 10.7. The third kappa shape index (κ3) is 2.62. The molecule has 0 unspecified atom stereocenters. The molecule has 5 heteroatoms. The summed E-state index contributed by atoms with van der Waals surface area (Å²) >= 11 is 1.54. The molecule has 0 aliphatic heterocycles. The van der Waals surface area contributed by atoms with Crippen LogP contribution in [-0.4, -0.2) is 13.1 Å². The summed E-state index contributed by atoms with van der Waals surface area (Å²) in [5.74, 6) is 0.0281. The minimum absolute atomic E-state index is 0.257. The smallest absolute Gasteiger partial charge is 0.340 e. The zero-order chi connectivity index (χ0) is 13.0. The first kappa shape index (κ1) is 12.4. The number of thiophene rings is 1. The summed E-state index contributed by atoms with van der Waals surface area (Å²) in [5.41, 5.74) is 6.45. The molecule has 18 heavy (non-hydrogen) atoms. The first-order valence-corrected chi connectivity index (χ1v) is 6.22. The van der Waals surface area contributed by atoms with Crippen molar-refractivity contribution in [2.45, 2.75) is 6.61 Å². The molecule has 0 amide bonds. The van der Waals surface area contributed by atoms with Crippen molar-refractivity contribution in [3.8, 4) is 5.75 Å². The number of hydrogen-bond acceptors (Lipinski definition) is 5. The highest BCUT2D eigenvalue weighted by molar-refractivity contribution is 7.09. The number of nitrogens with two attached hydrogens (primary N) is 1. The molecule has 1 aromatic heterocycles. The average molecular weight is 263 g/mol. The second-order valence-corrected chi connectivity index (χ2v) is 4.61. The topological polar surface area (TPSA) is 61.5 Å². The first-order chi connectivity index (χ1) is 8.72. The Labute approximate surface area is 109 Å². The Hall–Kier alpha value is -2.01. The van der Waals surface area contributed by atoms with Crippen molar-refractivity contribution in [2.75, 3.05) is 12.8 Å². The van der Waals surface area contributed by atoms with E-state index in [0.717, 1.165) is 4.88 Å². The number of methoxy groups -OCH3 is 1. The van der Waals surface area contributed by atoms with Gasteiger partial charge in [-0.3, -0.25) is 0 Å². The number of anilines is 1. The average Bonchev–Trinajstić information content (AvgIpc) is 2.89. The Balaban J connectivity index is 2.09. The van der Waals surface area contributed by atoms with Crippen LogP contribution in [0.2, 0.25) is 0 Å². The maximum atomic E-state index is 11.9. The fourth-order valence-electron chi connectivity index (χ4n) is 1.51. The van der Waals surface area contributed by atoms with Gasteiger partial charge >= 0.3 is 5.97 Å². The van der Waals surface area contributed by atoms with E-state index in [9.17, 15) is 4.79 Å². The number of nitrogen functional groups attached to an aromatic ring is 1. The second-order valence-electron chi connectivity index (χ2n) is 3.58. The van der Waals surface area contributed by atoms with Crippen molar-refractivity contribution in [1.29, 1.82) is 0 Å². The van der Waals surface area contributed by atoms with E-state index in [1.165, 1.54) is 18.4 Å². The predicted molar refractivity (Wildman–Crippen MR) is 70.8 cm³/mol. The molecule has 1 aromatic carbocycles. The first-order valence-electron chi connectivity index (χ1n) is 5.34. The quantitative estimate of drug-likeness (QED) is 0.680. The van der Waals surface area contributed by atoms with E-state index in [2.05, 4.69) is 0 Å². The van der Waals surface area contributed by atoms with E-state index in [-0.39, 0.29) is 6.61 Å². The van der Waals surface area contributed by atoms with Crippen LogP contribution in [0.3, 0.4) is 0 Å². The molecule has 0 radical (unpaired) electrons. The van der Waals surface area contributed by atoms with Gasteiger partial charge in [-0.1, -0.05) is 12.1 Å². The molecule has 0 saturated heterocycles. The number of carbonyl (C=O) groups is 1. The molecule has 2 rings (SSSR count). The van der Waals surface area contributed by atoms with Crippen molar-refractivity contribution < 1.29 is 14.3 Å². The highest BCUT2D eigenvalue weighted by Gasteiger charge is 2.14. The van der Waals surface area contributed by atoms with Gasteiger partial charge in [0.05, 0.1) is 18.4 Å². The van der Waals surface area contributed by atoms with Crippen molar-refractivity contribution in [2.24, 2.45) is 0 Å². The summed E-state index contributed by atoms with van der Waals surface area (Å²) in [6.07, 6.45) is 0. The van der Waals surface area contributed by atoms with Crippen LogP contribution in [0.25, 0.3) is 0 Å². The van der Waals surface area contributed by atoms with Crippen LogP contribution in [0.1, 0.15) is 15.2 Å². The second kappa shape index (κ2) is 5.55. The monoisotopic (exact) mass is 263 g/mol. The molecule has 4 nitrogen and oxygen atoms in total. The van der Waals surface area contributed by atoms with Crippen LogP contribution in [0, 0.1) is 0 Å². The van der Waals surface area contributed by atoms with E-state index in [0.29, 0.717) is 17.0 Å². The Bertz CT molecular complexity index is 537. The Kier molecular flexibility index (Phi) is 3.84. The number of ether oxygens (including phenoxy) is 2. The SMILES string of the molecule is COc1cccc(C(=O)OCc2cccs2)c1N. The van der Waals surface area contributed by atoms with Crippen LogP contribution < -0.4 is 10.5 Å². The summed E-state index contributed by atoms with van der Waals surface area (Å²) in [7, 11) is 1.51. The molecule has 0 bridgehead atoms. The molecule has 2 N–H and O–H groups in total. The molecule has 0 saturated carbocycles. The maximum Gasteiger partial charge on any atom is 0.340 e. The Morgan fingerprint density at radius 1 is 1.33 bits per heavy atom. The lowest BCUT2D eigenvalue weighted by atomic mass is 10.1. The molecular weight excluding hydrogens is 250 g/mol. The summed E-state index contributed by atoms with van der Waals surface area (Å²) in [6, 6.07) is 8.84. The molecule has 0 aliphatic rings. The standard InChI is InChI=1S/C13H13NO3S/c1-16-11-6-2-5-10(12(11)14)13(15)17-8-9-4-3-7-18-9/h2-7H,8,14H2,1H3. The molecule has 0 aliphatic carbocycles. The van der Waals surface area contributed by atoms with Gasteiger partial charge in [0.25, 0.3) is 0 Å². The van der Waals surface area contributed by atoms with E-state index in [1.807, 2.05) is 17.5 Å². The van der Waals surface area contributed by atoms with Gasteiger partial charge in [0.15, 0.2) is 0 Å². The van der Waals surface area contributed by atoms with Crippen molar-refractivity contribution in [1.82, 2.24) is 0 Å². The number of esters is 1. The minimum atomic E-state index is -0.445. The predicted octanol–water partition coefficient (Wildman–Crippen LogP) is 2.70. The fraction of sp³-hybridized carbons (Fsp3) is 0.154. The van der Waals surface area contributed by atoms with Crippen LogP contribution in [0.5, 0.6) is 5.75 Å². The summed E-state index contributed by atoms with van der Waals surface area (Å²) < 4.78 is 10.2. The highest BCUT2D eigenvalue weighted by Crippen LogP contribution is 2.25. The number of rotatable bonds is 4. The number of para-hydroxylation sites is 1. The molecule has 0 fully saturated rings. The molecule has 1 heterocycles. The van der Waals surface area contributed by atoms with E-state index < -0.39 is 5.97 Å². The lowest BCUT2D eigenvalue weighted by Crippen LogP contribution is -2.08. The van der Waals surface area contributed by atoms with Crippen molar-refractivity contribution in [3.05, 3.63) is 46.2 Å². The number of hydrogen-bond donors (Lipinski definition) is 1. The van der Waals surface area contributed by atoms with Crippen LogP contribution in [-0.2, 0) is 11.3 Å². The third-order valence-electron chi connectivity index (χ3n) is 2.43. The van der Waals surface area contributed by atoms with Gasteiger partial charge in [-0.2, -0.15) is 0 Å². The molecule has 94 valence electrons. The van der Waals surface area contributed by atoms with E-state index in [1.54, 1.807) is 18.2 Å². The summed E-state index contributed by atoms with van der Waals surface area (Å²) in [6.45, 7) is 0.257. The van der Waals surface area contributed by atoms with Gasteiger partial charge < -0.3 is 15.2 Å². The van der Waals surface area contributed by atoms with E-state index >= 15 is 0 Å². The van der Waals surface area contributed by atoms with Crippen molar-refractivity contribution in [3.63, 3.8) is 0 Å². The zero-order valence-electron chi connectivity index (χ0n) is 9.88. The lowest BCUT2D eigenvalue weighted by Gasteiger charge is -2.09. The third-order valence-corrected chi connectivity index (χ3v) is 3.28. The number of carbonyl (C=O) groups excluding carboxylic acids is 1. The molecule has 0 atom stereocenters. The highest BCUT2D eigenvalue weighted by atomic mass is 32.1. The van der Waals surface area contributed by atoms with Gasteiger partial charge in [0.2, 0.25) is 0 Å². The lowest BCUT2D eigenvalue weighted by molar-refractivity contribution is 0.0478. The Morgan fingerprint density at radius 3 is 2.83 bits per heavy atom. The van der Waals surface area contributed by atoms with Gasteiger partial charge in [-0.05, 0) is 23.6 Å². The molecular formula is C13H13NO3S. The summed E-state index contributed by atoms with van der Waals surface area (Å²) in [5, 5.41) is 1.93. The molecule has 0 spiro atoms. The van der Waals surface area contributed by atoms with Gasteiger partial charge in [0.1, 0.15) is 12.4 Å². The summed E-state index contributed by atoms with van der Waals surface area (Å²) in [4.78, 5) is 12.9. The number of benzene rings is 1. The van der Waals surface area contributed by atoms with E-state index in [4.69, 9.17) is 15.2 Å². The van der Waals surface area contributed by atoms with Gasteiger partial charge in [-0.15, -0.1) is 11.3 Å². The molecule has 2 aromatic rings. The largest absolute Gasteiger partial charge is 0.495 e.